The molecule has 12 heteroatoms. The molecule has 1 aliphatic heterocycles. The highest BCUT2D eigenvalue weighted by Crippen LogP contribution is 2.36. The fourth-order valence-electron chi connectivity index (χ4n) is 4.82. The minimum atomic E-state index is -3.16. The second-order valence-corrected chi connectivity index (χ2v) is 10.3. The Balaban J connectivity index is 1.57. The average Bonchev–Trinajstić information content (AvgIpc) is 3.11. The lowest BCUT2D eigenvalue weighted by atomic mass is 9.91. The standard InChI is InChI=1S/C35H29NO11/c36-34(41)35(42)29(46-33(40)25-19-11-4-12-20-25)28(45-32(39)24-17-9-3-10-18-24)27(44-31(38)23-15-7-2-8-16-23)26(47-35)21-43-30(37)22-13-5-1-6-14-22/h1-20,26-29,42H,21H2,(H2,36,41)/t26-,27-,28+,29-,35-/m1/s1. The van der Waals surface area contributed by atoms with Gasteiger partial charge in [-0.05, 0) is 48.5 Å². The third kappa shape index (κ3) is 7.52. The summed E-state index contributed by atoms with van der Waals surface area (Å²) < 4.78 is 28.2. The molecule has 0 spiro atoms. The summed E-state index contributed by atoms with van der Waals surface area (Å²) in [6, 6.07) is 30.8. The molecule has 12 nitrogen and oxygen atoms in total. The van der Waals surface area contributed by atoms with Gasteiger partial charge in [-0.15, -0.1) is 0 Å². The molecule has 0 saturated carbocycles. The molecule has 4 aromatic carbocycles. The van der Waals surface area contributed by atoms with Crippen LogP contribution in [0, 0.1) is 0 Å². The molecule has 3 N–H and O–H groups in total. The van der Waals surface area contributed by atoms with Crippen molar-refractivity contribution in [2.45, 2.75) is 30.2 Å². The molecule has 1 heterocycles. The van der Waals surface area contributed by atoms with E-state index in [0.29, 0.717) is 0 Å². The van der Waals surface area contributed by atoms with Crippen molar-refractivity contribution in [3.8, 4) is 0 Å². The third-order valence-electron chi connectivity index (χ3n) is 7.20. The Morgan fingerprint density at radius 3 is 1.34 bits per heavy atom. The summed E-state index contributed by atoms with van der Waals surface area (Å²) in [4.78, 5) is 65.8. The molecule has 47 heavy (non-hydrogen) atoms. The van der Waals surface area contributed by atoms with Crippen LogP contribution in [-0.2, 0) is 28.5 Å². The van der Waals surface area contributed by atoms with Gasteiger partial charge in [-0.1, -0.05) is 72.8 Å². The Kier molecular flexibility index (Phi) is 10.0. The second kappa shape index (κ2) is 14.5. The Hall–Kier alpha value is -5.85. The number of rotatable bonds is 10. The number of amides is 1. The van der Waals surface area contributed by atoms with E-state index in [0.717, 1.165) is 0 Å². The van der Waals surface area contributed by atoms with Crippen molar-refractivity contribution in [3.05, 3.63) is 144 Å². The van der Waals surface area contributed by atoms with Crippen LogP contribution in [0.4, 0.5) is 0 Å². The third-order valence-corrected chi connectivity index (χ3v) is 7.20. The number of hydrogen-bond acceptors (Lipinski definition) is 11. The highest BCUT2D eigenvalue weighted by molar-refractivity contribution is 5.92. The van der Waals surface area contributed by atoms with E-state index in [2.05, 4.69) is 0 Å². The molecule has 4 aromatic rings. The lowest BCUT2D eigenvalue weighted by Gasteiger charge is -2.47. The van der Waals surface area contributed by atoms with Crippen molar-refractivity contribution in [1.29, 1.82) is 0 Å². The lowest BCUT2D eigenvalue weighted by Crippen LogP contribution is -2.72. The van der Waals surface area contributed by atoms with Crippen LogP contribution in [0.25, 0.3) is 0 Å². The molecule has 1 amide bonds. The lowest BCUT2D eigenvalue weighted by molar-refractivity contribution is -0.327. The summed E-state index contributed by atoms with van der Waals surface area (Å²) in [5, 5.41) is 11.6. The van der Waals surface area contributed by atoms with Gasteiger partial charge in [0.2, 0.25) is 6.10 Å². The van der Waals surface area contributed by atoms with E-state index >= 15 is 0 Å². The number of carbonyl (C=O) groups excluding carboxylic acids is 5. The minimum absolute atomic E-state index is 0.00389. The van der Waals surface area contributed by atoms with Gasteiger partial charge in [-0.25, -0.2) is 19.2 Å². The van der Waals surface area contributed by atoms with Crippen molar-refractivity contribution in [2.75, 3.05) is 6.61 Å². The molecule has 0 aromatic heterocycles. The number of carbonyl (C=O) groups is 5. The van der Waals surface area contributed by atoms with Gasteiger partial charge in [0.15, 0.2) is 12.2 Å². The van der Waals surface area contributed by atoms with Crippen molar-refractivity contribution in [3.63, 3.8) is 0 Å². The van der Waals surface area contributed by atoms with E-state index in [1.165, 1.54) is 48.5 Å². The van der Waals surface area contributed by atoms with Crippen molar-refractivity contribution < 1.29 is 52.8 Å². The van der Waals surface area contributed by atoms with Gasteiger partial charge in [0.1, 0.15) is 12.7 Å². The number of ether oxygens (including phenoxy) is 5. The Morgan fingerprint density at radius 2 is 0.936 bits per heavy atom. The summed E-state index contributed by atoms with van der Waals surface area (Å²) in [5.74, 6) is -8.49. The molecule has 1 fully saturated rings. The first kappa shape index (κ1) is 32.5. The summed E-state index contributed by atoms with van der Waals surface area (Å²) in [6.07, 6.45) is -7.50. The fraction of sp³-hybridized carbons (Fsp3) is 0.171. The van der Waals surface area contributed by atoms with Crippen LogP contribution in [-0.4, -0.2) is 71.7 Å². The van der Waals surface area contributed by atoms with E-state index in [9.17, 15) is 29.1 Å². The van der Waals surface area contributed by atoms with Crippen LogP contribution in [0.1, 0.15) is 41.4 Å². The number of benzene rings is 4. The van der Waals surface area contributed by atoms with E-state index in [4.69, 9.17) is 29.4 Å². The predicted molar refractivity (Wildman–Crippen MR) is 163 cm³/mol. The maximum Gasteiger partial charge on any atom is 0.338 e. The summed E-state index contributed by atoms with van der Waals surface area (Å²) >= 11 is 0. The van der Waals surface area contributed by atoms with Gasteiger partial charge in [-0.3, -0.25) is 4.79 Å². The smallest absolute Gasteiger partial charge is 0.338 e. The van der Waals surface area contributed by atoms with Gasteiger partial charge >= 0.3 is 23.9 Å². The Bertz CT molecular complexity index is 1720. The molecule has 0 bridgehead atoms. The van der Waals surface area contributed by atoms with Crippen LogP contribution in [0.15, 0.2) is 121 Å². The number of aliphatic hydroxyl groups is 1. The van der Waals surface area contributed by atoms with Gasteiger partial charge < -0.3 is 34.5 Å². The topological polar surface area (TPSA) is 178 Å². The zero-order valence-corrected chi connectivity index (χ0v) is 24.7. The first-order valence-corrected chi connectivity index (χ1v) is 14.4. The quantitative estimate of drug-likeness (QED) is 0.192. The minimum Gasteiger partial charge on any atom is -0.459 e. The van der Waals surface area contributed by atoms with Crippen LogP contribution < -0.4 is 5.73 Å². The monoisotopic (exact) mass is 639 g/mol. The number of esters is 4. The van der Waals surface area contributed by atoms with Crippen molar-refractivity contribution >= 4 is 29.8 Å². The summed E-state index contributed by atoms with van der Waals surface area (Å²) in [5.41, 5.74) is 5.88. The number of hydrogen-bond donors (Lipinski definition) is 2. The molecule has 1 aliphatic rings. The van der Waals surface area contributed by atoms with Crippen molar-refractivity contribution in [1.82, 2.24) is 0 Å². The van der Waals surface area contributed by atoms with Gasteiger partial charge in [0.05, 0.1) is 22.3 Å². The Morgan fingerprint density at radius 1 is 0.574 bits per heavy atom. The van der Waals surface area contributed by atoms with Crippen LogP contribution >= 0.6 is 0 Å². The molecule has 240 valence electrons. The summed E-state index contributed by atoms with van der Waals surface area (Å²) in [7, 11) is 0. The largest absolute Gasteiger partial charge is 0.459 e. The van der Waals surface area contributed by atoms with Gasteiger partial charge in [0.25, 0.3) is 11.7 Å². The average molecular weight is 640 g/mol. The first-order valence-electron chi connectivity index (χ1n) is 14.4. The first-order chi connectivity index (χ1) is 22.7. The predicted octanol–water partition coefficient (Wildman–Crippen LogP) is 3.09. The van der Waals surface area contributed by atoms with Gasteiger partial charge in [-0.2, -0.15) is 0 Å². The highest BCUT2D eigenvalue weighted by atomic mass is 16.7. The zero-order valence-electron chi connectivity index (χ0n) is 24.7. The van der Waals surface area contributed by atoms with Crippen LogP contribution in [0.5, 0.6) is 0 Å². The van der Waals surface area contributed by atoms with Gasteiger partial charge in [0, 0.05) is 0 Å². The Labute approximate surface area is 268 Å². The maximum atomic E-state index is 13.4. The molecule has 1 saturated heterocycles. The molecule has 5 rings (SSSR count). The molecule has 5 atom stereocenters. The number of nitrogens with two attached hydrogens (primary N) is 1. The second-order valence-electron chi connectivity index (χ2n) is 10.3. The van der Waals surface area contributed by atoms with E-state index in [1.54, 1.807) is 72.8 Å². The number of primary amides is 1. The van der Waals surface area contributed by atoms with Crippen LogP contribution in [0.3, 0.4) is 0 Å². The molecule has 0 aliphatic carbocycles. The molecular formula is C35H29NO11. The van der Waals surface area contributed by atoms with Crippen molar-refractivity contribution in [2.24, 2.45) is 5.73 Å². The van der Waals surface area contributed by atoms with E-state index in [1.807, 2.05) is 0 Å². The highest BCUT2D eigenvalue weighted by Gasteiger charge is 2.63. The van der Waals surface area contributed by atoms with E-state index < -0.39 is 66.6 Å². The fourth-order valence-corrected chi connectivity index (χ4v) is 4.82. The SMILES string of the molecule is NC(=O)[C@]1(O)O[C@H](COC(=O)c2ccccc2)[C@@H](OC(=O)c2ccccc2)[C@H](OC(=O)c2ccccc2)[C@H]1OC(=O)c1ccccc1. The maximum absolute atomic E-state index is 13.4. The normalized spacial score (nSPS) is 21.9. The van der Waals surface area contributed by atoms with Crippen LogP contribution in [0.2, 0.25) is 0 Å². The molecule has 0 radical (unpaired) electrons. The molecule has 0 unspecified atom stereocenters. The summed E-state index contributed by atoms with van der Waals surface area (Å²) in [6.45, 7) is -0.727. The molecular weight excluding hydrogens is 610 g/mol. The zero-order chi connectivity index (χ0) is 33.4. The van der Waals surface area contributed by atoms with E-state index in [-0.39, 0.29) is 22.3 Å².